The zero-order valence-corrected chi connectivity index (χ0v) is 11.6. The average molecular weight is 241 g/mol. The molecule has 1 fully saturated rings. The second kappa shape index (κ2) is 4.67. The van der Waals surface area contributed by atoms with Crippen molar-refractivity contribution in [2.24, 2.45) is 5.92 Å². The maximum absolute atomic E-state index is 12.1. The molecule has 1 aliphatic rings. The van der Waals surface area contributed by atoms with E-state index in [0.29, 0.717) is 5.92 Å². The molecule has 0 bridgehead atoms. The Morgan fingerprint density at radius 1 is 1.24 bits per heavy atom. The molecule has 1 rings (SSSR count). The van der Waals surface area contributed by atoms with E-state index in [-0.39, 0.29) is 24.0 Å². The lowest BCUT2D eigenvalue weighted by atomic mass is 10.0. The zero-order valence-electron chi connectivity index (χ0n) is 11.6. The number of amides is 1. The van der Waals surface area contributed by atoms with Gasteiger partial charge in [-0.25, -0.2) is 4.79 Å². The van der Waals surface area contributed by atoms with Gasteiger partial charge in [0.05, 0.1) is 6.04 Å². The van der Waals surface area contributed by atoms with Crippen LogP contribution in [0.4, 0.5) is 4.79 Å². The predicted octanol–water partition coefficient (Wildman–Crippen LogP) is 2.61. The van der Waals surface area contributed by atoms with Crippen LogP contribution in [0.3, 0.4) is 0 Å². The van der Waals surface area contributed by atoms with Gasteiger partial charge in [0.1, 0.15) is 5.60 Å². The summed E-state index contributed by atoms with van der Waals surface area (Å²) in [6.07, 6.45) is 0.352. The molecule has 0 aromatic rings. The number of ether oxygens (including phenoxy) is 1. The summed E-state index contributed by atoms with van der Waals surface area (Å²) >= 11 is 0. The fourth-order valence-electron chi connectivity index (χ4n) is 2.19. The number of carbonyl (C=O) groups excluding carboxylic acids is 2. The van der Waals surface area contributed by atoms with Crippen LogP contribution in [-0.4, -0.2) is 34.5 Å². The van der Waals surface area contributed by atoms with E-state index in [1.54, 1.807) is 4.90 Å². The van der Waals surface area contributed by atoms with Crippen molar-refractivity contribution in [3.63, 3.8) is 0 Å². The van der Waals surface area contributed by atoms with Crippen molar-refractivity contribution >= 4 is 11.9 Å². The Morgan fingerprint density at radius 2 is 1.76 bits per heavy atom. The number of ketones is 1. The molecule has 98 valence electrons. The van der Waals surface area contributed by atoms with Crippen LogP contribution in [0.2, 0.25) is 0 Å². The van der Waals surface area contributed by atoms with Gasteiger partial charge in [-0.1, -0.05) is 6.92 Å². The third kappa shape index (κ3) is 3.20. The Morgan fingerprint density at radius 3 is 2.18 bits per heavy atom. The number of nitrogens with zero attached hydrogens (tertiary/aromatic N) is 1. The lowest BCUT2D eigenvalue weighted by Gasteiger charge is -2.30. The molecule has 17 heavy (non-hydrogen) atoms. The summed E-state index contributed by atoms with van der Waals surface area (Å²) in [6.45, 7) is 11.1. The first-order chi connectivity index (χ1) is 7.63. The molecule has 0 N–H and O–H groups in total. The molecule has 0 aromatic carbocycles. The summed E-state index contributed by atoms with van der Waals surface area (Å²) in [5.41, 5.74) is -0.524. The molecule has 0 aliphatic carbocycles. The van der Waals surface area contributed by atoms with Crippen LogP contribution in [0.5, 0.6) is 0 Å². The Balaban J connectivity index is 2.85. The molecule has 1 unspecified atom stereocenters. The van der Waals surface area contributed by atoms with Gasteiger partial charge in [-0.15, -0.1) is 0 Å². The highest BCUT2D eigenvalue weighted by Gasteiger charge is 2.43. The van der Waals surface area contributed by atoms with Crippen molar-refractivity contribution in [1.29, 1.82) is 0 Å². The van der Waals surface area contributed by atoms with E-state index in [9.17, 15) is 9.59 Å². The lowest BCUT2D eigenvalue weighted by Crippen LogP contribution is -2.46. The van der Waals surface area contributed by atoms with Crippen LogP contribution in [0.1, 0.15) is 48.0 Å². The van der Waals surface area contributed by atoms with Crippen molar-refractivity contribution in [3.8, 4) is 0 Å². The molecular formula is C13H23NO3. The molecule has 0 aromatic heterocycles. The highest BCUT2D eigenvalue weighted by atomic mass is 16.6. The van der Waals surface area contributed by atoms with Crippen molar-refractivity contribution in [2.45, 2.75) is 65.6 Å². The smallest absolute Gasteiger partial charge is 0.411 e. The van der Waals surface area contributed by atoms with Crippen LogP contribution >= 0.6 is 0 Å². The summed E-state index contributed by atoms with van der Waals surface area (Å²) in [7, 11) is 0. The van der Waals surface area contributed by atoms with Gasteiger partial charge in [-0.05, 0) is 47.0 Å². The van der Waals surface area contributed by atoms with Gasteiger partial charge in [-0.2, -0.15) is 0 Å². The quantitative estimate of drug-likeness (QED) is 0.709. The van der Waals surface area contributed by atoms with Crippen molar-refractivity contribution in [2.75, 3.05) is 0 Å². The monoisotopic (exact) mass is 241 g/mol. The second-order valence-electron chi connectivity index (χ2n) is 5.97. The molecule has 0 spiro atoms. The molecule has 1 saturated heterocycles. The minimum Gasteiger partial charge on any atom is -0.444 e. The van der Waals surface area contributed by atoms with E-state index in [4.69, 9.17) is 4.74 Å². The number of hydrogen-bond donors (Lipinski definition) is 0. The highest BCUT2D eigenvalue weighted by molar-refractivity contribution is 5.86. The summed E-state index contributed by atoms with van der Waals surface area (Å²) in [5.74, 6) is 0.364. The highest BCUT2D eigenvalue weighted by Crippen LogP contribution is 2.31. The lowest BCUT2D eigenvalue weighted by molar-refractivity contribution is -0.121. The van der Waals surface area contributed by atoms with Crippen molar-refractivity contribution in [1.82, 2.24) is 4.90 Å². The molecule has 0 radical (unpaired) electrons. The molecular weight excluding hydrogens is 218 g/mol. The van der Waals surface area contributed by atoms with E-state index in [1.807, 2.05) is 27.7 Å². The molecule has 1 heterocycles. The Hall–Kier alpha value is -1.06. The fourth-order valence-corrected chi connectivity index (χ4v) is 2.19. The Labute approximate surface area is 103 Å². The van der Waals surface area contributed by atoms with Crippen molar-refractivity contribution < 1.29 is 14.3 Å². The standard InChI is InChI=1S/C13H23NO3/c1-8-7-11(10(3)15)14(9(8)2)12(16)17-13(4,5)6/h8-9,11H,7H2,1-6H3/t8?,9-,11+/m1/s1. The van der Waals surface area contributed by atoms with E-state index >= 15 is 0 Å². The number of hydrogen-bond acceptors (Lipinski definition) is 3. The van der Waals surface area contributed by atoms with E-state index in [2.05, 4.69) is 6.92 Å². The van der Waals surface area contributed by atoms with Gasteiger partial charge in [-0.3, -0.25) is 9.69 Å². The van der Waals surface area contributed by atoms with Gasteiger partial charge in [0.15, 0.2) is 5.78 Å². The summed E-state index contributed by atoms with van der Waals surface area (Å²) < 4.78 is 5.36. The second-order valence-corrected chi connectivity index (χ2v) is 5.97. The summed E-state index contributed by atoms with van der Waals surface area (Å²) in [4.78, 5) is 25.2. The topological polar surface area (TPSA) is 46.6 Å². The summed E-state index contributed by atoms with van der Waals surface area (Å²) in [5, 5.41) is 0. The maximum atomic E-state index is 12.1. The molecule has 4 heteroatoms. The van der Waals surface area contributed by atoms with Crippen LogP contribution in [0, 0.1) is 5.92 Å². The van der Waals surface area contributed by atoms with Gasteiger partial charge in [0.2, 0.25) is 0 Å². The number of likely N-dealkylation sites (tertiary alicyclic amines) is 1. The summed E-state index contributed by atoms with van der Waals surface area (Å²) in [6, 6.07) is -0.270. The number of carbonyl (C=O) groups is 2. The third-order valence-corrected chi connectivity index (χ3v) is 3.27. The first-order valence-electron chi connectivity index (χ1n) is 6.15. The Kier molecular flexibility index (Phi) is 3.84. The minimum absolute atomic E-state index is 0.0343. The van der Waals surface area contributed by atoms with Crippen molar-refractivity contribution in [3.05, 3.63) is 0 Å². The first-order valence-corrected chi connectivity index (χ1v) is 6.15. The van der Waals surface area contributed by atoms with E-state index < -0.39 is 5.60 Å². The molecule has 1 aliphatic heterocycles. The molecule has 1 amide bonds. The zero-order chi connectivity index (χ0) is 13.4. The number of rotatable bonds is 1. The van der Waals surface area contributed by atoms with Gasteiger partial charge in [0, 0.05) is 6.04 Å². The molecule has 3 atom stereocenters. The molecule has 0 saturated carbocycles. The third-order valence-electron chi connectivity index (χ3n) is 3.27. The largest absolute Gasteiger partial charge is 0.444 e. The number of Topliss-reactive ketones (excluding diaryl/α,β-unsaturated/α-hetero) is 1. The normalized spacial score (nSPS) is 29.3. The van der Waals surface area contributed by atoms with Gasteiger partial charge < -0.3 is 4.74 Å². The van der Waals surface area contributed by atoms with Crippen LogP contribution in [-0.2, 0) is 9.53 Å². The average Bonchev–Trinajstić information content (AvgIpc) is 2.40. The van der Waals surface area contributed by atoms with Gasteiger partial charge >= 0.3 is 6.09 Å². The Bertz CT molecular complexity index is 319. The van der Waals surface area contributed by atoms with Gasteiger partial charge in [0.25, 0.3) is 0 Å². The van der Waals surface area contributed by atoms with Crippen LogP contribution in [0.25, 0.3) is 0 Å². The SMILES string of the molecule is CC(=O)[C@@H]1CC(C)[C@@H](C)N1C(=O)OC(C)(C)C. The fraction of sp³-hybridized carbons (Fsp3) is 0.846. The van der Waals surface area contributed by atoms with E-state index in [0.717, 1.165) is 6.42 Å². The van der Waals surface area contributed by atoms with Crippen LogP contribution < -0.4 is 0 Å². The minimum atomic E-state index is -0.524. The maximum Gasteiger partial charge on any atom is 0.411 e. The molecule has 4 nitrogen and oxygen atoms in total. The first kappa shape index (κ1) is 14.0. The van der Waals surface area contributed by atoms with Crippen LogP contribution in [0.15, 0.2) is 0 Å². The predicted molar refractivity (Wildman–Crippen MR) is 65.8 cm³/mol. The van der Waals surface area contributed by atoms with E-state index in [1.165, 1.54) is 6.92 Å².